The van der Waals surface area contributed by atoms with Crippen LogP contribution in [0.25, 0.3) is 0 Å². The highest BCUT2D eigenvalue weighted by Gasteiger charge is 2.26. The summed E-state index contributed by atoms with van der Waals surface area (Å²) < 4.78 is 33.7. The Morgan fingerprint density at radius 3 is 2.70 bits per heavy atom. The minimum atomic E-state index is -3.43. The van der Waals surface area contributed by atoms with Crippen molar-refractivity contribution < 1.29 is 22.7 Å². The Bertz CT molecular complexity index is 854. The monoisotopic (exact) mass is 437 g/mol. The maximum Gasteiger partial charge on any atom is 0.324 e. The number of rotatable bonds is 13. The molecule has 166 valence electrons. The van der Waals surface area contributed by atoms with Crippen LogP contribution in [0, 0.1) is 5.92 Å². The maximum absolute atomic E-state index is 12.5. The van der Waals surface area contributed by atoms with E-state index in [2.05, 4.69) is 10.0 Å². The third kappa shape index (κ3) is 6.98. The van der Waals surface area contributed by atoms with Crippen LogP contribution in [0.15, 0.2) is 24.3 Å². The highest BCUT2D eigenvalue weighted by molar-refractivity contribution is 7.89. The first-order chi connectivity index (χ1) is 14.4. The van der Waals surface area contributed by atoms with Crippen LogP contribution in [0.1, 0.15) is 57.1 Å². The van der Waals surface area contributed by atoms with Gasteiger partial charge in [-0.1, -0.05) is 25.5 Å². The number of carbonyl (C=O) groups excluding carboxylic acids is 2. The Morgan fingerprint density at radius 1 is 1.23 bits per heavy atom. The molecule has 1 aliphatic carbocycles. The SMILES string of the molecule is CC[C@@H](NS(=O)(=O)CCCCCN1CC(=O)NC1=O)c1cccc(OCC2CC2)c1. The first-order valence-corrected chi connectivity index (χ1v) is 12.3. The molecule has 1 saturated heterocycles. The molecule has 1 heterocycles. The number of hydrogen-bond acceptors (Lipinski definition) is 5. The number of nitrogens with zero attached hydrogens (tertiary/aromatic N) is 1. The standard InChI is InChI=1S/C21H31N3O5S/c1-2-19(17-7-6-8-18(13-17)29-15-16-9-10-16)23-30(27,28)12-5-3-4-11-24-14-20(25)22-21(24)26/h6-8,13,16,19,23H,2-5,9-12,14-15H2,1H3,(H,22,25,26)/t19-/m1/s1. The average molecular weight is 438 g/mol. The van der Waals surface area contributed by atoms with E-state index in [0.717, 1.165) is 17.9 Å². The van der Waals surface area contributed by atoms with Crippen LogP contribution >= 0.6 is 0 Å². The summed E-state index contributed by atoms with van der Waals surface area (Å²) in [5.74, 6) is 1.18. The zero-order valence-corrected chi connectivity index (χ0v) is 18.2. The quantitative estimate of drug-likeness (QED) is 0.365. The van der Waals surface area contributed by atoms with Gasteiger partial charge in [-0.2, -0.15) is 0 Å². The Balaban J connectivity index is 1.43. The van der Waals surface area contributed by atoms with Crippen molar-refractivity contribution in [3.05, 3.63) is 29.8 Å². The van der Waals surface area contributed by atoms with Crippen LogP contribution in [0.4, 0.5) is 4.79 Å². The molecule has 2 N–H and O–H groups in total. The summed E-state index contributed by atoms with van der Waals surface area (Å²) in [4.78, 5) is 24.1. The van der Waals surface area contributed by atoms with Gasteiger partial charge in [0.1, 0.15) is 12.3 Å². The Hall–Kier alpha value is -2.13. The molecule has 0 unspecified atom stereocenters. The summed E-state index contributed by atoms with van der Waals surface area (Å²) in [5.41, 5.74) is 0.902. The van der Waals surface area contributed by atoms with E-state index in [1.165, 1.54) is 17.7 Å². The molecule has 1 atom stereocenters. The molecule has 2 fully saturated rings. The fourth-order valence-corrected chi connectivity index (χ4v) is 4.86. The van der Waals surface area contributed by atoms with E-state index in [9.17, 15) is 18.0 Å². The lowest BCUT2D eigenvalue weighted by Crippen LogP contribution is -2.31. The molecule has 30 heavy (non-hydrogen) atoms. The predicted molar refractivity (Wildman–Crippen MR) is 114 cm³/mol. The van der Waals surface area contributed by atoms with E-state index < -0.39 is 10.0 Å². The molecule has 1 aliphatic heterocycles. The molecule has 1 aromatic rings. The van der Waals surface area contributed by atoms with Gasteiger partial charge in [-0.15, -0.1) is 0 Å². The number of carbonyl (C=O) groups is 2. The molecule has 0 spiro atoms. The van der Waals surface area contributed by atoms with Crippen molar-refractivity contribution in [2.75, 3.05) is 25.4 Å². The third-order valence-electron chi connectivity index (χ3n) is 5.38. The number of amides is 3. The van der Waals surface area contributed by atoms with Crippen LogP contribution in [0.2, 0.25) is 0 Å². The van der Waals surface area contributed by atoms with Gasteiger partial charge < -0.3 is 9.64 Å². The maximum atomic E-state index is 12.5. The largest absolute Gasteiger partial charge is 0.493 e. The molecular formula is C21H31N3O5S. The summed E-state index contributed by atoms with van der Waals surface area (Å²) >= 11 is 0. The number of ether oxygens (including phenoxy) is 1. The topological polar surface area (TPSA) is 105 Å². The smallest absolute Gasteiger partial charge is 0.324 e. The molecule has 9 heteroatoms. The average Bonchev–Trinajstić information content (AvgIpc) is 3.48. The second-order valence-electron chi connectivity index (χ2n) is 8.06. The number of benzene rings is 1. The van der Waals surface area contributed by atoms with Crippen LogP contribution in [0.3, 0.4) is 0 Å². The zero-order chi connectivity index (χ0) is 21.6. The molecule has 1 saturated carbocycles. The van der Waals surface area contributed by atoms with E-state index in [4.69, 9.17) is 4.74 Å². The van der Waals surface area contributed by atoms with E-state index >= 15 is 0 Å². The van der Waals surface area contributed by atoms with Gasteiger partial charge >= 0.3 is 6.03 Å². The minimum Gasteiger partial charge on any atom is -0.493 e. The molecule has 3 rings (SSSR count). The number of urea groups is 1. The number of unbranched alkanes of at least 4 members (excludes halogenated alkanes) is 2. The lowest BCUT2D eigenvalue weighted by Gasteiger charge is -2.19. The lowest BCUT2D eigenvalue weighted by molar-refractivity contribution is -0.118. The van der Waals surface area contributed by atoms with Gasteiger partial charge in [-0.3, -0.25) is 10.1 Å². The lowest BCUT2D eigenvalue weighted by atomic mass is 10.1. The fraction of sp³-hybridized carbons (Fsp3) is 0.619. The zero-order valence-electron chi connectivity index (χ0n) is 17.4. The van der Waals surface area contributed by atoms with Gasteiger partial charge in [0.25, 0.3) is 0 Å². The highest BCUT2D eigenvalue weighted by atomic mass is 32.2. The number of sulfonamides is 1. The Labute approximate surface area is 178 Å². The Kier molecular flexibility index (Phi) is 7.71. The summed E-state index contributed by atoms with van der Waals surface area (Å²) in [6, 6.07) is 6.97. The van der Waals surface area contributed by atoms with Crippen LogP contribution in [0.5, 0.6) is 5.75 Å². The molecule has 0 bridgehead atoms. The van der Waals surface area contributed by atoms with Crippen molar-refractivity contribution in [2.24, 2.45) is 5.92 Å². The number of hydrogen-bond donors (Lipinski definition) is 2. The van der Waals surface area contributed by atoms with Crippen molar-refractivity contribution in [1.82, 2.24) is 14.9 Å². The van der Waals surface area contributed by atoms with Gasteiger partial charge in [-0.25, -0.2) is 17.9 Å². The molecule has 1 aromatic carbocycles. The first kappa shape index (κ1) is 22.6. The van der Waals surface area contributed by atoms with Crippen molar-refractivity contribution in [1.29, 1.82) is 0 Å². The molecule has 2 aliphatic rings. The van der Waals surface area contributed by atoms with Crippen molar-refractivity contribution in [2.45, 2.75) is 51.5 Å². The minimum absolute atomic E-state index is 0.0342. The third-order valence-corrected chi connectivity index (χ3v) is 6.85. The van der Waals surface area contributed by atoms with Gasteiger partial charge in [0, 0.05) is 12.6 Å². The summed E-state index contributed by atoms with van der Waals surface area (Å²) in [6.45, 7) is 3.21. The summed E-state index contributed by atoms with van der Waals surface area (Å²) in [5, 5.41) is 2.23. The Morgan fingerprint density at radius 2 is 2.03 bits per heavy atom. The van der Waals surface area contributed by atoms with E-state index in [0.29, 0.717) is 38.1 Å². The van der Waals surface area contributed by atoms with E-state index in [-0.39, 0.29) is 30.3 Å². The van der Waals surface area contributed by atoms with Gasteiger partial charge in [0.2, 0.25) is 15.9 Å². The van der Waals surface area contributed by atoms with Crippen molar-refractivity contribution in [3.63, 3.8) is 0 Å². The summed E-state index contributed by atoms with van der Waals surface area (Å²) in [6.07, 6.45) is 4.91. The molecular weight excluding hydrogens is 406 g/mol. The van der Waals surface area contributed by atoms with Crippen LogP contribution < -0.4 is 14.8 Å². The van der Waals surface area contributed by atoms with Gasteiger partial charge in [-0.05, 0) is 55.7 Å². The normalized spacial score (nSPS) is 17.8. The van der Waals surface area contributed by atoms with E-state index in [1.807, 2.05) is 31.2 Å². The van der Waals surface area contributed by atoms with Crippen molar-refractivity contribution in [3.8, 4) is 5.75 Å². The molecule has 8 nitrogen and oxygen atoms in total. The predicted octanol–water partition coefficient (Wildman–Crippen LogP) is 2.57. The molecule has 0 radical (unpaired) electrons. The van der Waals surface area contributed by atoms with E-state index in [1.54, 1.807) is 0 Å². The van der Waals surface area contributed by atoms with Crippen molar-refractivity contribution >= 4 is 22.0 Å². The summed E-state index contributed by atoms with van der Waals surface area (Å²) in [7, 11) is -3.43. The molecule has 3 amide bonds. The number of imide groups is 1. The first-order valence-electron chi connectivity index (χ1n) is 10.7. The second-order valence-corrected chi connectivity index (χ2v) is 9.93. The van der Waals surface area contributed by atoms with Gasteiger partial charge in [0.05, 0.1) is 12.4 Å². The van der Waals surface area contributed by atoms with Crippen LogP contribution in [-0.4, -0.2) is 50.7 Å². The number of nitrogens with one attached hydrogen (secondary N) is 2. The highest BCUT2D eigenvalue weighted by Crippen LogP contribution is 2.30. The molecule has 0 aromatic heterocycles. The van der Waals surface area contributed by atoms with Gasteiger partial charge in [0.15, 0.2) is 0 Å². The fourth-order valence-electron chi connectivity index (χ4n) is 3.42. The second kappa shape index (κ2) is 10.3. The van der Waals surface area contributed by atoms with Crippen LogP contribution in [-0.2, 0) is 14.8 Å².